The van der Waals surface area contributed by atoms with E-state index in [9.17, 15) is 26.7 Å². The Labute approximate surface area is 141 Å². The van der Waals surface area contributed by atoms with E-state index in [1.165, 1.54) is 30.1 Å². The maximum atomic E-state index is 13.3. The quantitative estimate of drug-likeness (QED) is 0.724. The van der Waals surface area contributed by atoms with Crippen LogP contribution >= 0.6 is 0 Å². The number of amides is 1. The highest BCUT2D eigenvalue weighted by Crippen LogP contribution is 2.29. The number of rotatable bonds is 4. The predicted molar refractivity (Wildman–Crippen MR) is 82.7 cm³/mol. The number of carbonyl (C=O) groups is 1. The van der Waals surface area contributed by atoms with Crippen molar-refractivity contribution in [1.82, 2.24) is 4.90 Å². The van der Waals surface area contributed by atoms with Crippen LogP contribution < -0.4 is 0 Å². The first-order valence-corrected chi connectivity index (χ1v) is 7.46. The molecule has 134 valence electrons. The smallest absolute Gasteiger partial charge is 0.339 e. The van der Waals surface area contributed by atoms with Crippen molar-refractivity contribution < 1.29 is 26.7 Å². The predicted octanol–water partition coefficient (Wildman–Crippen LogP) is 4.75. The molecule has 0 saturated heterocycles. The Kier molecular flexibility index (Phi) is 5.45. The monoisotopic (exact) mass is 357 g/mol. The lowest BCUT2D eigenvalue weighted by atomic mass is 10.0. The van der Waals surface area contributed by atoms with E-state index in [1.807, 2.05) is 0 Å². The minimum Gasteiger partial charge on any atom is -0.339 e. The van der Waals surface area contributed by atoms with Gasteiger partial charge in [-0.3, -0.25) is 4.79 Å². The highest BCUT2D eigenvalue weighted by atomic mass is 19.4. The standard InChI is InChI=1S/C18H16F5NO/c1-11(13-5-8-15(19)16(20)10-13)24(2)17(25)9-12-3-6-14(7-4-12)18(21,22)23/h3-8,10-11H,9H2,1-2H3. The van der Waals surface area contributed by atoms with Crippen LogP contribution in [-0.2, 0) is 17.4 Å². The van der Waals surface area contributed by atoms with Crippen molar-refractivity contribution in [2.45, 2.75) is 25.6 Å². The fraction of sp³-hybridized carbons (Fsp3) is 0.278. The van der Waals surface area contributed by atoms with Gasteiger partial charge in [0.2, 0.25) is 5.91 Å². The molecule has 0 aromatic heterocycles. The minimum absolute atomic E-state index is 0.0946. The van der Waals surface area contributed by atoms with Crippen molar-refractivity contribution in [2.24, 2.45) is 0 Å². The average molecular weight is 357 g/mol. The molecule has 0 aliphatic rings. The van der Waals surface area contributed by atoms with Crippen LogP contribution in [0.15, 0.2) is 42.5 Å². The van der Waals surface area contributed by atoms with Crippen molar-refractivity contribution in [3.05, 3.63) is 70.8 Å². The second kappa shape index (κ2) is 7.21. The molecule has 1 unspecified atom stereocenters. The van der Waals surface area contributed by atoms with Crippen LogP contribution in [0, 0.1) is 11.6 Å². The van der Waals surface area contributed by atoms with Gasteiger partial charge >= 0.3 is 6.18 Å². The second-order valence-corrected chi connectivity index (χ2v) is 5.73. The molecule has 0 heterocycles. The Morgan fingerprint density at radius 3 is 2.16 bits per heavy atom. The van der Waals surface area contributed by atoms with Gasteiger partial charge < -0.3 is 4.90 Å². The van der Waals surface area contributed by atoms with Crippen molar-refractivity contribution in [2.75, 3.05) is 7.05 Å². The number of halogens is 5. The molecular formula is C18H16F5NO. The summed E-state index contributed by atoms with van der Waals surface area (Å²) in [6, 6.07) is 7.19. The van der Waals surface area contributed by atoms with Crippen molar-refractivity contribution in [1.29, 1.82) is 0 Å². The van der Waals surface area contributed by atoms with Crippen molar-refractivity contribution >= 4 is 5.91 Å². The third-order valence-electron chi connectivity index (χ3n) is 4.04. The summed E-state index contributed by atoms with van der Waals surface area (Å²) in [4.78, 5) is 13.6. The van der Waals surface area contributed by atoms with Crippen molar-refractivity contribution in [3.63, 3.8) is 0 Å². The molecule has 2 rings (SSSR count). The van der Waals surface area contributed by atoms with Crippen molar-refractivity contribution in [3.8, 4) is 0 Å². The number of nitrogens with zero attached hydrogens (tertiary/aromatic N) is 1. The molecule has 7 heteroatoms. The summed E-state index contributed by atoms with van der Waals surface area (Å²) in [6.45, 7) is 1.65. The van der Waals surface area contributed by atoms with E-state index in [1.54, 1.807) is 6.92 Å². The molecular weight excluding hydrogens is 341 g/mol. The number of benzene rings is 2. The van der Waals surface area contributed by atoms with E-state index in [-0.39, 0.29) is 12.3 Å². The van der Waals surface area contributed by atoms with E-state index in [0.29, 0.717) is 11.1 Å². The van der Waals surface area contributed by atoms with Gasteiger partial charge in [0.05, 0.1) is 18.0 Å². The Morgan fingerprint density at radius 2 is 1.64 bits per heavy atom. The maximum Gasteiger partial charge on any atom is 0.416 e. The lowest BCUT2D eigenvalue weighted by Gasteiger charge is -2.25. The summed E-state index contributed by atoms with van der Waals surface area (Å²) in [6.07, 6.45) is -4.52. The third kappa shape index (κ3) is 4.55. The first-order valence-electron chi connectivity index (χ1n) is 7.46. The molecule has 0 aliphatic heterocycles. The van der Waals surface area contributed by atoms with Gasteiger partial charge in [0.25, 0.3) is 0 Å². The number of likely N-dealkylation sites (N-methyl/N-ethyl adjacent to an activating group) is 1. The summed E-state index contributed by atoms with van der Waals surface area (Å²) in [7, 11) is 1.50. The maximum absolute atomic E-state index is 13.3. The third-order valence-corrected chi connectivity index (χ3v) is 4.04. The molecule has 0 fully saturated rings. The Bertz CT molecular complexity index is 755. The molecule has 1 amide bonds. The van der Waals surface area contributed by atoms with Crippen LogP contribution in [0.3, 0.4) is 0 Å². The summed E-state index contributed by atoms with van der Waals surface area (Å²) in [5.74, 6) is -2.33. The van der Waals surface area contributed by atoms with Gasteiger partial charge in [0, 0.05) is 7.05 Å². The van der Waals surface area contributed by atoms with E-state index in [4.69, 9.17) is 0 Å². The van der Waals surface area contributed by atoms with Crippen LogP contribution in [-0.4, -0.2) is 17.9 Å². The van der Waals surface area contributed by atoms with Gasteiger partial charge in [0.1, 0.15) is 0 Å². The Balaban J connectivity index is 2.07. The fourth-order valence-corrected chi connectivity index (χ4v) is 2.32. The lowest BCUT2D eigenvalue weighted by molar-refractivity contribution is -0.137. The highest BCUT2D eigenvalue weighted by Gasteiger charge is 2.30. The largest absolute Gasteiger partial charge is 0.416 e. The summed E-state index contributed by atoms with van der Waals surface area (Å²) < 4.78 is 63.9. The molecule has 0 aliphatic carbocycles. The van der Waals surface area contributed by atoms with E-state index in [2.05, 4.69) is 0 Å². The molecule has 0 bridgehead atoms. The molecule has 2 aromatic carbocycles. The zero-order valence-electron chi connectivity index (χ0n) is 13.6. The first-order chi connectivity index (χ1) is 11.6. The highest BCUT2D eigenvalue weighted by molar-refractivity contribution is 5.79. The minimum atomic E-state index is -4.43. The Hall–Kier alpha value is -2.44. The fourth-order valence-electron chi connectivity index (χ4n) is 2.32. The number of hydrogen-bond donors (Lipinski definition) is 0. The number of carbonyl (C=O) groups excluding carboxylic acids is 1. The summed E-state index contributed by atoms with van der Waals surface area (Å²) >= 11 is 0. The summed E-state index contributed by atoms with van der Waals surface area (Å²) in [5.41, 5.74) is 0.0664. The molecule has 1 atom stereocenters. The lowest BCUT2D eigenvalue weighted by Crippen LogP contribution is -2.31. The van der Waals surface area contributed by atoms with Gasteiger partial charge in [-0.15, -0.1) is 0 Å². The van der Waals surface area contributed by atoms with E-state index in [0.717, 1.165) is 24.3 Å². The summed E-state index contributed by atoms with van der Waals surface area (Å²) in [5, 5.41) is 0. The van der Waals surface area contributed by atoms with E-state index >= 15 is 0 Å². The molecule has 25 heavy (non-hydrogen) atoms. The average Bonchev–Trinajstić information content (AvgIpc) is 2.55. The molecule has 0 N–H and O–H groups in total. The van der Waals surface area contributed by atoms with Crippen LogP contribution in [0.2, 0.25) is 0 Å². The molecule has 2 aromatic rings. The second-order valence-electron chi connectivity index (χ2n) is 5.73. The Morgan fingerprint density at radius 1 is 1.04 bits per heavy atom. The van der Waals surface area contributed by atoms with E-state index < -0.39 is 29.4 Å². The van der Waals surface area contributed by atoms with Crippen LogP contribution in [0.5, 0.6) is 0 Å². The van der Waals surface area contributed by atoms with Gasteiger partial charge in [0.15, 0.2) is 11.6 Å². The van der Waals surface area contributed by atoms with Gasteiger partial charge in [-0.25, -0.2) is 8.78 Å². The van der Waals surface area contributed by atoms with Gasteiger partial charge in [-0.2, -0.15) is 13.2 Å². The molecule has 2 nitrogen and oxygen atoms in total. The first kappa shape index (κ1) is 18.9. The molecule has 0 spiro atoms. The molecule has 0 radical (unpaired) electrons. The zero-order chi connectivity index (χ0) is 18.8. The zero-order valence-corrected chi connectivity index (χ0v) is 13.6. The molecule has 0 saturated carbocycles. The van der Waals surface area contributed by atoms with Gasteiger partial charge in [-0.05, 0) is 42.3 Å². The van der Waals surface area contributed by atoms with Gasteiger partial charge in [-0.1, -0.05) is 18.2 Å². The van der Waals surface area contributed by atoms with Crippen LogP contribution in [0.1, 0.15) is 29.7 Å². The topological polar surface area (TPSA) is 20.3 Å². The van der Waals surface area contributed by atoms with Crippen LogP contribution in [0.25, 0.3) is 0 Å². The number of alkyl halides is 3. The SMILES string of the molecule is CC(c1ccc(F)c(F)c1)N(C)C(=O)Cc1ccc(C(F)(F)F)cc1. The number of hydrogen-bond acceptors (Lipinski definition) is 1. The normalized spacial score (nSPS) is 12.8. The van der Waals surface area contributed by atoms with Crippen LogP contribution in [0.4, 0.5) is 22.0 Å².